The van der Waals surface area contributed by atoms with E-state index in [9.17, 15) is 22.0 Å². The van der Waals surface area contributed by atoms with Gasteiger partial charge >= 0.3 is 12.1 Å². The monoisotopic (exact) mass is 189 g/mol. The van der Waals surface area contributed by atoms with Crippen molar-refractivity contribution in [2.24, 2.45) is 5.11 Å². The SMILES string of the molecule is [N-]=[N+]=NCCC(F)(F)C(F)(F)F. The Bertz CT molecular complexity index is 191. The molecule has 0 saturated heterocycles. The van der Waals surface area contributed by atoms with Gasteiger partial charge in [-0.25, -0.2) is 0 Å². The number of alkyl halides is 5. The molecule has 0 aliphatic rings. The molecule has 8 heteroatoms. The molecule has 0 aromatic heterocycles. The minimum absolute atomic E-state index is 0.872. The summed E-state index contributed by atoms with van der Waals surface area (Å²) in [4.78, 5) is 2.05. The first-order valence-electron chi connectivity index (χ1n) is 2.76. The number of hydrogen-bond acceptors (Lipinski definition) is 1. The molecule has 0 heterocycles. The molecule has 0 spiro atoms. The summed E-state index contributed by atoms with van der Waals surface area (Å²) < 4.78 is 58.0. The Labute approximate surface area is 63.8 Å². The fourth-order valence-electron chi connectivity index (χ4n) is 0.377. The van der Waals surface area contributed by atoms with E-state index in [1.165, 1.54) is 0 Å². The van der Waals surface area contributed by atoms with Gasteiger partial charge in [0.1, 0.15) is 0 Å². The lowest BCUT2D eigenvalue weighted by molar-refractivity contribution is -0.283. The fraction of sp³-hybridized carbons (Fsp3) is 1.00. The summed E-state index contributed by atoms with van der Waals surface area (Å²) in [6.07, 6.45) is -7.08. The van der Waals surface area contributed by atoms with Crippen molar-refractivity contribution in [3.05, 3.63) is 10.4 Å². The molecule has 0 radical (unpaired) electrons. The van der Waals surface area contributed by atoms with Crippen LogP contribution in [0.25, 0.3) is 10.4 Å². The molecule has 0 bridgehead atoms. The summed E-state index contributed by atoms with van der Waals surface area (Å²) in [5, 5.41) is 2.57. The van der Waals surface area contributed by atoms with Crippen LogP contribution in [-0.4, -0.2) is 18.6 Å². The Hall–Kier alpha value is -1.04. The molecular formula is C4H4F5N3. The summed E-state index contributed by atoms with van der Waals surface area (Å²) in [5.41, 5.74) is 7.60. The molecule has 0 aromatic carbocycles. The molecule has 0 atom stereocenters. The van der Waals surface area contributed by atoms with Gasteiger partial charge < -0.3 is 0 Å². The van der Waals surface area contributed by atoms with Gasteiger partial charge in [-0.2, -0.15) is 22.0 Å². The Balaban J connectivity index is 4.13. The maximum Gasteiger partial charge on any atom is 0.453 e. The topological polar surface area (TPSA) is 48.8 Å². The third-order valence-corrected chi connectivity index (χ3v) is 1.00. The number of rotatable bonds is 3. The smallest absolute Gasteiger partial charge is 0.196 e. The first-order chi connectivity index (χ1) is 5.31. The van der Waals surface area contributed by atoms with E-state index in [2.05, 4.69) is 5.11 Å². The van der Waals surface area contributed by atoms with Gasteiger partial charge in [0.25, 0.3) is 0 Å². The number of hydrogen-bond donors (Lipinski definition) is 0. The summed E-state index contributed by atoms with van der Waals surface area (Å²) in [6, 6.07) is 0. The quantitative estimate of drug-likeness (QED) is 0.283. The summed E-state index contributed by atoms with van der Waals surface area (Å²) in [6.45, 7) is -0.872. The van der Waals surface area contributed by atoms with Crippen molar-refractivity contribution in [2.45, 2.75) is 18.5 Å². The lowest BCUT2D eigenvalue weighted by atomic mass is 10.2. The van der Waals surface area contributed by atoms with Crippen molar-refractivity contribution in [2.75, 3.05) is 6.54 Å². The van der Waals surface area contributed by atoms with E-state index in [0.29, 0.717) is 0 Å². The van der Waals surface area contributed by atoms with Crippen LogP contribution in [0.5, 0.6) is 0 Å². The molecule has 0 fully saturated rings. The van der Waals surface area contributed by atoms with Crippen molar-refractivity contribution in [3.63, 3.8) is 0 Å². The van der Waals surface area contributed by atoms with Crippen LogP contribution in [0.2, 0.25) is 0 Å². The Kier molecular flexibility index (Phi) is 3.26. The molecule has 12 heavy (non-hydrogen) atoms. The van der Waals surface area contributed by atoms with Gasteiger partial charge in [0.05, 0.1) is 0 Å². The number of azide groups is 1. The van der Waals surface area contributed by atoms with E-state index in [1.807, 2.05) is 4.91 Å². The normalized spacial score (nSPS) is 12.4. The minimum atomic E-state index is -5.57. The highest BCUT2D eigenvalue weighted by Crippen LogP contribution is 2.37. The third kappa shape index (κ3) is 2.91. The second kappa shape index (κ2) is 3.57. The van der Waals surface area contributed by atoms with Crippen LogP contribution in [0, 0.1) is 0 Å². The molecule has 0 aliphatic carbocycles. The second-order valence-electron chi connectivity index (χ2n) is 1.91. The van der Waals surface area contributed by atoms with Crippen molar-refractivity contribution in [3.8, 4) is 0 Å². The van der Waals surface area contributed by atoms with Gasteiger partial charge in [0.15, 0.2) is 0 Å². The summed E-state index contributed by atoms with van der Waals surface area (Å²) >= 11 is 0. The van der Waals surface area contributed by atoms with Crippen molar-refractivity contribution >= 4 is 0 Å². The lowest BCUT2D eigenvalue weighted by Gasteiger charge is -2.17. The minimum Gasteiger partial charge on any atom is -0.196 e. The predicted molar refractivity (Wildman–Crippen MR) is 29.6 cm³/mol. The van der Waals surface area contributed by atoms with Gasteiger partial charge in [0.2, 0.25) is 0 Å². The molecule has 3 nitrogen and oxygen atoms in total. The largest absolute Gasteiger partial charge is 0.453 e. The molecule has 0 unspecified atom stereocenters. The van der Waals surface area contributed by atoms with E-state index in [1.54, 1.807) is 0 Å². The molecule has 0 amide bonds. The number of halogens is 5. The second-order valence-corrected chi connectivity index (χ2v) is 1.91. The van der Waals surface area contributed by atoms with E-state index >= 15 is 0 Å². The zero-order chi connectivity index (χ0) is 9.83. The highest BCUT2D eigenvalue weighted by atomic mass is 19.4. The molecule has 0 aliphatic heterocycles. The predicted octanol–water partition coefficient (Wildman–Crippen LogP) is 2.88. The molecule has 0 aromatic rings. The van der Waals surface area contributed by atoms with E-state index in [0.717, 1.165) is 0 Å². The van der Waals surface area contributed by atoms with Crippen LogP contribution < -0.4 is 0 Å². The third-order valence-electron chi connectivity index (χ3n) is 1.00. The first kappa shape index (κ1) is 11.0. The summed E-state index contributed by atoms with van der Waals surface area (Å²) in [5.74, 6) is -4.78. The zero-order valence-corrected chi connectivity index (χ0v) is 5.65. The average molecular weight is 189 g/mol. The van der Waals surface area contributed by atoms with Crippen LogP contribution in [0.4, 0.5) is 22.0 Å². The first-order valence-corrected chi connectivity index (χ1v) is 2.76. The Morgan fingerprint density at radius 1 is 1.17 bits per heavy atom. The molecule has 0 rings (SSSR count). The van der Waals surface area contributed by atoms with Gasteiger partial charge in [-0.1, -0.05) is 5.11 Å². The van der Waals surface area contributed by atoms with Crippen molar-refractivity contribution < 1.29 is 22.0 Å². The highest BCUT2D eigenvalue weighted by Gasteiger charge is 2.56. The molecule has 0 N–H and O–H groups in total. The summed E-state index contributed by atoms with van der Waals surface area (Å²) in [7, 11) is 0. The molecular weight excluding hydrogens is 185 g/mol. The highest BCUT2D eigenvalue weighted by molar-refractivity contribution is 4.76. The maximum absolute atomic E-state index is 11.9. The van der Waals surface area contributed by atoms with Crippen molar-refractivity contribution in [1.82, 2.24) is 0 Å². The van der Waals surface area contributed by atoms with E-state index < -0.39 is 25.1 Å². The maximum atomic E-state index is 11.9. The Morgan fingerprint density at radius 2 is 1.67 bits per heavy atom. The molecule has 0 saturated carbocycles. The molecule has 70 valence electrons. The standard InChI is InChI=1S/C4H4F5N3/c5-3(6,4(7,8)9)1-2-11-12-10/h1-2H2. The average Bonchev–Trinajstić information content (AvgIpc) is 1.85. The van der Waals surface area contributed by atoms with Crippen LogP contribution in [0.1, 0.15) is 6.42 Å². The van der Waals surface area contributed by atoms with E-state index in [4.69, 9.17) is 5.53 Å². The fourth-order valence-corrected chi connectivity index (χ4v) is 0.377. The van der Waals surface area contributed by atoms with Crippen molar-refractivity contribution in [1.29, 1.82) is 0 Å². The number of nitrogens with zero attached hydrogens (tertiary/aromatic N) is 3. The Morgan fingerprint density at radius 3 is 2.00 bits per heavy atom. The lowest BCUT2D eigenvalue weighted by Crippen LogP contribution is -2.36. The van der Waals surface area contributed by atoms with Gasteiger partial charge in [-0.3, -0.25) is 0 Å². The van der Waals surface area contributed by atoms with Crippen LogP contribution >= 0.6 is 0 Å². The van der Waals surface area contributed by atoms with Crippen LogP contribution in [0.15, 0.2) is 5.11 Å². The zero-order valence-electron chi connectivity index (χ0n) is 5.65. The van der Waals surface area contributed by atoms with Crippen LogP contribution in [-0.2, 0) is 0 Å². The van der Waals surface area contributed by atoms with Crippen LogP contribution in [0.3, 0.4) is 0 Å². The van der Waals surface area contributed by atoms with Gasteiger partial charge in [0, 0.05) is 17.9 Å². The van der Waals surface area contributed by atoms with Gasteiger partial charge in [-0.05, 0) is 5.53 Å². The van der Waals surface area contributed by atoms with E-state index in [-0.39, 0.29) is 0 Å². The van der Waals surface area contributed by atoms with Gasteiger partial charge in [-0.15, -0.1) is 0 Å².